The predicted octanol–water partition coefficient (Wildman–Crippen LogP) is 5.38. The standard InChI is InChI=1S/C24H28N2O3/c1-17(12-24(27)28)20-7-9-22(10-8-20)29-16-19-6-11-23-21(13-19)14-25-26(23)15-18-4-2-3-5-18/h6-11,13-14,17-18H,2-5,12,15-16H2,1H3,(H,27,28). The van der Waals surface area contributed by atoms with Gasteiger partial charge in [-0.15, -0.1) is 0 Å². The van der Waals surface area contributed by atoms with E-state index in [2.05, 4.69) is 28.0 Å². The summed E-state index contributed by atoms with van der Waals surface area (Å²) in [6.45, 7) is 3.44. The maximum absolute atomic E-state index is 10.9. The first-order chi connectivity index (χ1) is 14.1. The molecule has 152 valence electrons. The molecule has 1 aliphatic rings. The predicted molar refractivity (Wildman–Crippen MR) is 113 cm³/mol. The molecule has 1 unspecified atom stereocenters. The molecular weight excluding hydrogens is 364 g/mol. The van der Waals surface area contributed by atoms with Gasteiger partial charge < -0.3 is 9.84 Å². The Hall–Kier alpha value is -2.82. The number of carboxylic acid groups (broad SMARTS) is 1. The van der Waals surface area contributed by atoms with Gasteiger partial charge in [-0.2, -0.15) is 5.10 Å². The lowest BCUT2D eigenvalue weighted by atomic mass is 9.98. The largest absolute Gasteiger partial charge is 0.489 e. The molecule has 0 bridgehead atoms. The molecule has 5 nitrogen and oxygen atoms in total. The van der Waals surface area contributed by atoms with Gasteiger partial charge in [-0.3, -0.25) is 9.48 Å². The minimum Gasteiger partial charge on any atom is -0.489 e. The van der Waals surface area contributed by atoms with Crippen molar-refractivity contribution >= 4 is 16.9 Å². The third-order valence-electron chi connectivity index (χ3n) is 5.95. The van der Waals surface area contributed by atoms with Gasteiger partial charge in [-0.1, -0.05) is 38.0 Å². The topological polar surface area (TPSA) is 64.3 Å². The smallest absolute Gasteiger partial charge is 0.303 e. The number of benzene rings is 2. The minimum absolute atomic E-state index is 0.00951. The first-order valence-corrected chi connectivity index (χ1v) is 10.5. The Morgan fingerprint density at radius 1 is 1.21 bits per heavy atom. The lowest BCUT2D eigenvalue weighted by Gasteiger charge is -2.12. The SMILES string of the molecule is CC(CC(=O)O)c1ccc(OCc2ccc3c(cnn3CC3CCCC3)c2)cc1. The van der Waals surface area contributed by atoms with E-state index >= 15 is 0 Å². The van der Waals surface area contributed by atoms with E-state index in [4.69, 9.17) is 9.84 Å². The Labute approximate surface area is 171 Å². The number of nitrogens with zero attached hydrogens (tertiary/aromatic N) is 2. The highest BCUT2D eigenvalue weighted by atomic mass is 16.5. The monoisotopic (exact) mass is 392 g/mol. The summed E-state index contributed by atoms with van der Waals surface area (Å²) < 4.78 is 8.07. The number of fused-ring (bicyclic) bond motifs is 1. The van der Waals surface area contributed by atoms with Crippen LogP contribution in [0.2, 0.25) is 0 Å². The van der Waals surface area contributed by atoms with Crippen LogP contribution in [0.15, 0.2) is 48.7 Å². The Kier molecular flexibility index (Phi) is 5.84. The molecule has 0 saturated heterocycles. The lowest BCUT2D eigenvalue weighted by molar-refractivity contribution is -0.137. The van der Waals surface area contributed by atoms with Crippen LogP contribution in [0, 0.1) is 5.92 Å². The van der Waals surface area contributed by atoms with Crippen LogP contribution in [0.4, 0.5) is 0 Å². The van der Waals surface area contributed by atoms with Gasteiger partial charge in [0.2, 0.25) is 0 Å². The number of aromatic nitrogens is 2. The van der Waals surface area contributed by atoms with Gasteiger partial charge in [0.25, 0.3) is 0 Å². The fraction of sp³-hybridized carbons (Fsp3) is 0.417. The van der Waals surface area contributed by atoms with Crippen molar-refractivity contribution in [2.24, 2.45) is 5.92 Å². The Balaban J connectivity index is 1.37. The molecule has 3 aromatic rings. The number of ether oxygens (including phenoxy) is 1. The van der Waals surface area contributed by atoms with Gasteiger partial charge in [0.05, 0.1) is 18.1 Å². The van der Waals surface area contributed by atoms with Crippen LogP contribution in [0.25, 0.3) is 10.9 Å². The zero-order chi connectivity index (χ0) is 20.2. The van der Waals surface area contributed by atoms with Crippen LogP contribution in [-0.2, 0) is 17.9 Å². The average Bonchev–Trinajstić information content (AvgIpc) is 3.36. The van der Waals surface area contributed by atoms with Crippen molar-refractivity contribution in [3.8, 4) is 5.75 Å². The summed E-state index contributed by atoms with van der Waals surface area (Å²) in [5.41, 5.74) is 3.31. The molecule has 1 heterocycles. The molecule has 1 N–H and O–H groups in total. The summed E-state index contributed by atoms with van der Waals surface area (Å²) in [6.07, 6.45) is 7.43. The van der Waals surface area contributed by atoms with E-state index in [1.165, 1.54) is 31.2 Å². The molecule has 5 heteroatoms. The second kappa shape index (κ2) is 8.68. The van der Waals surface area contributed by atoms with Crippen LogP contribution >= 0.6 is 0 Å². The first kappa shape index (κ1) is 19.5. The number of carbonyl (C=O) groups is 1. The van der Waals surface area contributed by atoms with Crippen LogP contribution in [0.5, 0.6) is 5.75 Å². The summed E-state index contributed by atoms with van der Waals surface area (Å²) in [6, 6.07) is 14.1. The highest BCUT2D eigenvalue weighted by Gasteiger charge is 2.17. The first-order valence-electron chi connectivity index (χ1n) is 10.5. The molecule has 0 aliphatic heterocycles. The van der Waals surface area contributed by atoms with Crippen molar-refractivity contribution < 1.29 is 14.6 Å². The molecule has 0 radical (unpaired) electrons. The number of hydrogen-bond acceptors (Lipinski definition) is 3. The van der Waals surface area contributed by atoms with Gasteiger partial charge in [0.1, 0.15) is 12.4 Å². The third kappa shape index (κ3) is 4.78. The van der Waals surface area contributed by atoms with E-state index in [0.29, 0.717) is 6.61 Å². The Morgan fingerprint density at radius 3 is 2.69 bits per heavy atom. The van der Waals surface area contributed by atoms with Crippen molar-refractivity contribution in [3.05, 3.63) is 59.8 Å². The fourth-order valence-corrected chi connectivity index (χ4v) is 4.25. The second-order valence-electron chi connectivity index (χ2n) is 8.23. The Bertz CT molecular complexity index is 971. The van der Waals surface area contributed by atoms with Crippen molar-refractivity contribution in [2.75, 3.05) is 0 Å². The van der Waals surface area contributed by atoms with E-state index in [-0.39, 0.29) is 12.3 Å². The summed E-state index contributed by atoms with van der Waals surface area (Å²) >= 11 is 0. The maximum atomic E-state index is 10.9. The van der Waals surface area contributed by atoms with Crippen molar-refractivity contribution in [1.82, 2.24) is 9.78 Å². The number of rotatable bonds is 8. The van der Waals surface area contributed by atoms with Gasteiger partial charge >= 0.3 is 5.97 Å². The molecule has 1 aliphatic carbocycles. The molecule has 2 aromatic carbocycles. The third-order valence-corrected chi connectivity index (χ3v) is 5.95. The van der Waals surface area contributed by atoms with Crippen LogP contribution in [0.1, 0.15) is 56.1 Å². The average molecular weight is 392 g/mol. The lowest BCUT2D eigenvalue weighted by Crippen LogP contribution is -2.08. The van der Waals surface area contributed by atoms with Crippen LogP contribution < -0.4 is 4.74 Å². The molecule has 0 amide bonds. The molecule has 4 rings (SSSR count). The minimum atomic E-state index is -0.778. The summed E-state index contributed by atoms with van der Waals surface area (Å²) in [7, 11) is 0. The molecule has 1 atom stereocenters. The quantitative estimate of drug-likeness (QED) is 0.559. The molecule has 0 spiro atoms. The van der Waals surface area contributed by atoms with E-state index in [1.807, 2.05) is 37.4 Å². The second-order valence-corrected chi connectivity index (χ2v) is 8.23. The molecule has 1 aromatic heterocycles. The van der Waals surface area contributed by atoms with Crippen molar-refractivity contribution in [3.63, 3.8) is 0 Å². The molecule has 1 saturated carbocycles. The summed E-state index contributed by atoms with van der Waals surface area (Å²) in [5.74, 6) is 0.764. The summed E-state index contributed by atoms with van der Waals surface area (Å²) in [5, 5.41) is 14.7. The zero-order valence-electron chi connectivity index (χ0n) is 16.9. The summed E-state index contributed by atoms with van der Waals surface area (Å²) in [4.78, 5) is 10.9. The van der Waals surface area contributed by atoms with Gasteiger partial charge in [-0.25, -0.2) is 0 Å². The number of aliphatic carboxylic acids is 1. The van der Waals surface area contributed by atoms with E-state index in [9.17, 15) is 4.79 Å². The van der Waals surface area contributed by atoms with E-state index in [0.717, 1.165) is 34.7 Å². The van der Waals surface area contributed by atoms with Crippen molar-refractivity contribution in [2.45, 2.75) is 58.1 Å². The van der Waals surface area contributed by atoms with Crippen LogP contribution in [0.3, 0.4) is 0 Å². The van der Waals surface area contributed by atoms with Crippen molar-refractivity contribution in [1.29, 1.82) is 0 Å². The van der Waals surface area contributed by atoms with Gasteiger partial charge in [0, 0.05) is 11.9 Å². The van der Waals surface area contributed by atoms with Gasteiger partial charge in [0.15, 0.2) is 0 Å². The highest BCUT2D eigenvalue weighted by molar-refractivity contribution is 5.79. The molecular formula is C24H28N2O3. The van der Waals surface area contributed by atoms with Crippen LogP contribution in [-0.4, -0.2) is 20.9 Å². The Morgan fingerprint density at radius 2 is 1.97 bits per heavy atom. The zero-order valence-corrected chi connectivity index (χ0v) is 16.9. The molecule has 1 fully saturated rings. The molecule has 29 heavy (non-hydrogen) atoms. The van der Waals surface area contributed by atoms with Gasteiger partial charge in [-0.05, 0) is 60.1 Å². The van der Waals surface area contributed by atoms with E-state index < -0.39 is 5.97 Å². The maximum Gasteiger partial charge on any atom is 0.303 e. The normalized spacial score (nSPS) is 15.6. The number of hydrogen-bond donors (Lipinski definition) is 1. The fourth-order valence-electron chi connectivity index (χ4n) is 4.25. The van der Waals surface area contributed by atoms with E-state index in [1.54, 1.807) is 0 Å². The highest BCUT2D eigenvalue weighted by Crippen LogP contribution is 2.28. The number of carboxylic acids is 1.